The molecule has 1 aliphatic carbocycles. The first-order valence-corrected chi connectivity index (χ1v) is 8.69. The normalized spacial score (nSPS) is 21.7. The van der Waals surface area contributed by atoms with Crippen LogP contribution in [-0.2, 0) is 4.79 Å². The van der Waals surface area contributed by atoms with Crippen LogP contribution in [0.25, 0.3) is 0 Å². The van der Waals surface area contributed by atoms with Gasteiger partial charge in [-0.25, -0.2) is 4.79 Å². The van der Waals surface area contributed by atoms with E-state index in [9.17, 15) is 9.59 Å². The number of urea groups is 1. The van der Waals surface area contributed by atoms with Gasteiger partial charge in [-0.3, -0.25) is 4.79 Å². The molecule has 118 valence electrons. The number of rotatable bonds is 2. The molecule has 0 saturated heterocycles. The van der Waals surface area contributed by atoms with E-state index in [1.165, 1.54) is 31.0 Å². The molecule has 1 heterocycles. The quantitative estimate of drug-likeness (QED) is 0.780. The van der Waals surface area contributed by atoms with Gasteiger partial charge in [-0.1, -0.05) is 19.3 Å². The summed E-state index contributed by atoms with van der Waals surface area (Å²) in [6, 6.07) is 5.73. The van der Waals surface area contributed by atoms with Gasteiger partial charge < -0.3 is 16.0 Å². The molecular formula is C16H21N3O2S. The number of thioether (sulfide) groups is 1. The first-order valence-electron chi connectivity index (χ1n) is 7.81. The summed E-state index contributed by atoms with van der Waals surface area (Å²) in [7, 11) is 0. The third-order valence-electron chi connectivity index (χ3n) is 4.11. The van der Waals surface area contributed by atoms with Crippen LogP contribution in [0.5, 0.6) is 0 Å². The van der Waals surface area contributed by atoms with Gasteiger partial charge in [0.1, 0.15) is 0 Å². The number of fused-ring (bicyclic) bond motifs is 1. The molecule has 0 spiro atoms. The third kappa shape index (κ3) is 3.55. The molecule has 0 radical (unpaired) electrons. The number of hydrogen-bond donors (Lipinski definition) is 3. The Morgan fingerprint density at radius 1 is 1.27 bits per heavy atom. The molecule has 1 aromatic rings. The number of anilines is 2. The van der Waals surface area contributed by atoms with Crippen molar-refractivity contribution in [1.29, 1.82) is 0 Å². The summed E-state index contributed by atoms with van der Waals surface area (Å²) in [6.07, 6.45) is 5.75. The molecule has 3 amide bonds. The summed E-state index contributed by atoms with van der Waals surface area (Å²) in [5, 5.41) is 8.67. The van der Waals surface area contributed by atoms with E-state index in [0.717, 1.165) is 23.4 Å². The molecule has 6 heteroatoms. The Bertz CT molecular complexity index is 585. The monoisotopic (exact) mass is 319 g/mol. The highest BCUT2D eigenvalue weighted by atomic mass is 32.2. The van der Waals surface area contributed by atoms with Crippen molar-refractivity contribution in [3.8, 4) is 0 Å². The highest BCUT2D eigenvalue weighted by Crippen LogP contribution is 2.36. The van der Waals surface area contributed by atoms with Gasteiger partial charge in [-0.15, -0.1) is 11.8 Å². The Balaban J connectivity index is 1.62. The van der Waals surface area contributed by atoms with E-state index in [1.807, 2.05) is 25.1 Å². The lowest BCUT2D eigenvalue weighted by molar-refractivity contribution is -0.115. The molecular weight excluding hydrogens is 298 g/mol. The van der Waals surface area contributed by atoms with Gasteiger partial charge in [0.2, 0.25) is 5.91 Å². The second-order valence-corrected chi connectivity index (χ2v) is 7.28. The Morgan fingerprint density at radius 3 is 2.82 bits per heavy atom. The number of carbonyl (C=O) groups is 2. The first-order chi connectivity index (χ1) is 10.6. The highest BCUT2D eigenvalue weighted by molar-refractivity contribution is 8.00. The lowest BCUT2D eigenvalue weighted by atomic mass is 9.96. The first kappa shape index (κ1) is 15.2. The van der Waals surface area contributed by atoms with Crippen molar-refractivity contribution in [3.63, 3.8) is 0 Å². The van der Waals surface area contributed by atoms with E-state index in [1.54, 1.807) is 0 Å². The molecule has 3 N–H and O–H groups in total. The van der Waals surface area contributed by atoms with Crippen LogP contribution in [0.1, 0.15) is 39.0 Å². The zero-order valence-electron chi connectivity index (χ0n) is 12.6. The largest absolute Gasteiger partial charge is 0.335 e. The van der Waals surface area contributed by atoms with Gasteiger partial charge in [0.15, 0.2) is 0 Å². The van der Waals surface area contributed by atoms with E-state index in [4.69, 9.17) is 0 Å². The lowest BCUT2D eigenvalue weighted by Crippen LogP contribution is -2.39. The molecule has 22 heavy (non-hydrogen) atoms. The molecule has 2 aliphatic rings. The fourth-order valence-electron chi connectivity index (χ4n) is 2.89. The van der Waals surface area contributed by atoms with Crippen LogP contribution in [0.15, 0.2) is 23.1 Å². The van der Waals surface area contributed by atoms with Crippen LogP contribution < -0.4 is 16.0 Å². The SMILES string of the molecule is CC1Sc2ccc(NC(=O)NC3CCCCC3)cc2NC1=O. The summed E-state index contributed by atoms with van der Waals surface area (Å²) in [4.78, 5) is 24.8. The molecule has 1 unspecified atom stereocenters. The molecule has 1 atom stereocenters. The van der Waals surface area contributed by atoms with Gasteiger partial charge in [-0.2, -0.15) is 0 Å². The van der Waals surface area contributed by atoms with Crippen LogP contribution in [0.3, 0.4) is 0 Å². The Kier molecular flexibility index (Phi) is 4.57. The van der Waals surface area contributed by atoms with Crippen molar-refractivity contribution in [2.75, 3.05) is 10.6 Å². The summed E-state index contributed by atoms with van der Waals surface area (Å²) in [6.45, 7) is 1.88. The number of benzene rings is 1. The summed E-state index contributed by atoms with van der Waals surface area (Å²) >= 11 is 1.54. The van der Waals surface area contributed by atoms with Gasteiger partial charge in [0.05, 0.1) is 10.9 Å². The van der Waals surface area contributed by atoms with E-state index >= 15 is 0 Å². The Morgan fingerprint density at radius 2 is 2.05 bits per heavy atom. The van der Waals surface area contributed by atoms with Crippen LogP contribution in [0.4, 0.5) is 16.2 Å². The minimum absolute atomic E-state index is 0.00121. The third-order valence-corrected chi connectivity index (χ3v) is 5.29. The second-order valence-electron chi connectivity index (χ2n) is 5.89. The maximum absolute atomic E-state index is 12.1. The van der Waals surface area contributed by atoms with Gasteiger partial charge >= 0.3 is 6.03 Å². The standard InChI is InChI=1S/C16H21N3O2S/c1-10-15(20)19-13-9-12(7-8-14(13)22-10)18-16(21)17-11-5-3-2-4-6-11/h7-11H,2-6H2,1H3,(H,19,20)(H2,17,18,21). The Hall–Kier alpha value is -1.69. The smallest absolute Gasteiger partial charge is 0.319 e. The molecule has 1 aromatic carbocycles. The van der Waals surface area contributed by atoms with Crippen molar-refractivity contribution >= 4 is 35.1 Å². The molecule has 1 aliphatic heterocycles. The maximum Gasteiger partial charge on any atom is 0.319 e. The predicted octanol–water partition coefficient (Wildman–Crippen LogP) is 3.57. The van der Waals surface area contributed by atoms with Gasteiger partial charge in [-0.05, 0) is 38.0 Å². The fraction of sp³-hybridized carbons (Fsp3) is 0.500. The van der Waals surface area contributed by atoms with Crippen molar-refractivity contribution < 1.29 is 9.59 Å². The van der Waals surface area contributed by atoms with E-state index in [2.05, 4.69) is 16.0 Å². The van der Waals surface area contributed by atoms with Crippen LogP contribution >= 0.6 is 11.8 Å². The predicted molar refractivity (Wildman–Crippen MR) is 89.4 cm³/mol. The average molecular weight is 319 g/mol. The van der Waals surface area contributed by atoms with Crippen LogP contribution in [0.2, 0.25) is 0 Å². The highest BCUT2D eigenvalue weighted by Gasteiger charge is 2.23. The van der Waals surface area contributed by atoms with E-state index < -0.39 is 0 Å². The number of nitrogens with one attached hydrogen (secondary N) is 3. The van der Waals surface area contributed by atoms with E-state index in [0.29, 0.717) is 5.69 Å². The van der Waals surface area contributed by atoms with Crippen molar-refractivity contribution in [3.05, 3.63) is 18.2 Å². The van der Waals surface area contributed by atoms with Gasteiger partial charge in [0.25, 0.3) is 0 Å². The number of amides is 3. The van der Waals surface area contributed by atoms with Crippen molar-refractivity contribution in [1.82, 2.24) is 5.32 Å². The van der Waals surface area contributed by atoms with Crippen LogP contribution in [-0.4, -0.2) is 23.2 Å². The minimum Gasteiger partial charge on any atom is -0.335 e. The number of carbonyl (C=O) groups excluding carboxylic acids is 2. The summed E-state index contributed by atoms with van der Waals surface area (Å²) < 4.78 is 0. The molecule has 0 bridgehead atoms. The van der Waals surface area contributed by atoms with Gasteiger partial charge in [0, 0.05) is 16.6 Å². The summed E-state index contributed by atoms with van der Waals surface area (Å²) in [5.74, 6) is 0.00121. The molecule has 5 nitrogen and oxygen atoms in total. The average Bonchev–Trinajstić information content (AvgIpc) is 2.49. The Labute approximate surface area is 134 Å². The number of hydrogen-bond acceptors (Lipinski definition) is 3. The summed E-state index contributed by atoms with van der Waals surface area (Å²) in [5.41, 5.74) is 1.46. The van der Waals surface area contributed by atoms with E-state index in [-0.39, 0.29) is 23.2 Å². The van der Waals surface area contributed by atoms with Crippen LogP contribution in [0, 0.1) is 0 Å². The van der Waals surface area contributed by atoms with Crippen molar-refractivity contribution in [2.24, 2.45) is 0 Å². The molecule has 0 aromatic heterocycles. The zero-order valence-corrected chi connectivity index (χ0v) is 13.5. The molecule has 1 saturated carbocycles. The zero-order chi connectivity index (χ0) is 15.5. The lowest BCUT2D eigenvalue weighted by Gasteiger charge is -2.24. The molecule has 1 fully saturated rings. The maximum atomic E-state index is 12.1. The second kappa shape index (κ2) is 6.60. The fourth-order valence-corrected chi connectivity index (χ4v) is 3.82. The topological polar surface area (TPSA) is 70.2 Å². The minimum atomic E-state index is -0.171. The molecule has 3 rings (SSSR count). The van der Waals surface area contributed by atoms with Crippen molar-refractivity contribution in [2.45, 2.75) is 55.2 Å².